The van der Waals surface area contributed by atoms with Gasteiger partial charge in [-0.1, -0.05) is 69.7 Å². The summed E-state index contributed by atoms with van der Waals surface area (Å²) in [6.07, 6.45) is 11.4. The Morgan fingerprint density at radius 3 is 2.42 bits per heavy atom. The van der Waals surface area contributed by atoms with Crippen LogP contribution in [-0.2, 0) is 17.8 Å². The Morgan fingerprint density at radius 1 is 1.04 bits per heavy atom. The van der Waals surface area contributed by atoms with Crippen LogP contribution in [0.2, 0.25) is 0 Å². The molecule has 0 amide bonds. The lowest BCUT2D eigenvalue weighted by Crippen LogP contribution is -2.16. The molecule has 0 saturated carbocycles. The summed E-state index contributed by atoms with van der Waals surface area (Å²) in [5.41, 5.74) is 2.34. The molecule has 1 aromatic carbocycles. The summed E-state index contributed by atoms with van der Waals surface area (Å²) in [7, 11) is 0. The summed E-state index contributed by atoms with van der Waals surface area (Å²) in [4.78, 5) is 0. The number of rotatable bonds is 13. The molecule has 0 aromatic heterocycles. The number of halogens is 2. The molecule has 0 heterocycles. The van der Waals surface area contributed by atoms with Crippen molar-refractivity contribution in [2.45, 2.75) is 81.2 Å². The van der Waals surface area contributed by atoms with Crippen LogP contribution in [0.5, 0.6) is 0 Å². The first-order chi connectivity index (χ1) is 11.6. The minimum atomic E-state index is -0.438. The SMILES string of the molecule is CCCCCCCCCC(Br)(Br)OCc1cccc(CCC#N)c1. The van der Waals surface area contributed by atoms with E-state index >= 15 is 0 Å². The zero-order valence-electron chi connectivity index (χ0n) is 14.7. The predicted molar refractivity (Wildman–Crippen MR) is 108 cm³/mol. The van der Waals surface area contributed by atoms with E-state index in [0.29, 0.717) is 13.0 Å². The number of ether oxygens (including phenoxy) is 1. The second-order valence-corrected chi connectivity index (χ2v) is 9.90. The van der Waals surface area contributed by atoms with Crippen molar-refractivity contribution in [1.82, 2.24) is 0 Å². The zero-order valence-corrected chi connectivity index (χ0v) is 17.9. The van der Waals surface area contributed by atoms with Crippen LogP contribution in [0.3, 0.4) is 0 Å². The number of hydrogen-bond acceptors (Lipinski definition) is 2. The molecule has 0 aliphatic heterocycles. The monoisotopic (exact) mass is 457 g/mol. The first kappa shape index (κ1) is 21.7. The largest absolute Gasteiger partial charge is 0.349 e. The maximum atomic E-state index is 8.68. The average Bonchev–Trinajstić information content (AvgIpc) is 2.58. The van der Waals surface area contributed by atoms with Crippen LogP contribution in [0, 0.1) is 11.3 Å². The molecule has 24 heavy (non-hydrogen) atoms. The van der Waals surface area contributed by atoms with Crippen molar-refractivity contribution in [1.29, 1.82) is 5.26 Å². The molecule has 2 nitrogen and oxygen atoms in total. The van der Waals surface area contributed by atoms with Crippen molar-refractivity contribution in [2.24, 2.45) is 0 Å². The average molecular weight is 459 g/mol. The predicted octanol–water partition coefficient (Wildman–Crippen LogP) is 7.24. The molecule has 0 saturated heterocycles. The van der Waals surface area contributed by atoms with Gasteiger partial charge in [-0.3, -0.25) is 0 Å². The van der Waals surface area contributed by atoms with Crippen molar-refractivity contribution in [3.05, 3.63) is 35.4 Å². The highest BCUT2D eigenvalue weighted by atomic mass is 79.9. The molecule has 0 fully saturated rings. The van der Waals surface area contributed by atoms with E-state index in [1.54, 1.807) is 0 Å². The lowest BCUT2D eigenvalue weighted by Gasteiger charge is -2.21. The Kier molecular flexibility index (Phi) is 11.7. The number of benzene rings is 1. The molecule has 0 bridgehead atoms. The quantitative estimate of drug-likeness (QED) is 0.230. The molecular weight excluding hydrogens is 430 g/mol. The Bertz CT molecular complexity index is 497. The molecule has 0 aliphatic rings. The summed E-state index contributed by atoms with van der Waals surface area (Å²) in [6, 6.07) is 10.5. The molecule has 134 valence electrons. The highest BCUT2D eigenvalue weighted by molar-refractivity contribution is 9.25. The number of alkyl halides is 2. The van der Waals surface area contributed by atoms with Gasteiger partial charge in [-0.15, -0.1) is 0 Å². The number of unbranched alkanes of at least 4 members (excludes halogenated alkanes) is 6. The van der Waals surface area contributed by atoms with E-state index < -0.39 is 3.42 Å². The van der Waals surface area contributed by atoms with Crippen LogP contribution in [0.15, 0.2) is 24.3 Å². The molecule has 0 spiro atoms. The fourth-order valence-corrected chi connectivity index (χ4v) is 3.41. The molecule has 0 atom stereocenters. The minimum absolute atomic E-state index is 0.438. The van der Waals surface area contributed by atoms with Gasteiger partial charge in [-0.05, 0) is 62.2 Å². The van der Waals surface area contributed by atoms with E-state index in [9.17, 15) is 0 Å². The van der Waals surface area contributed by atoms with Gasteiger partial charge in [-0.2, -0.15) is 5.26 Å². The smallest absolute Gasteiger partial charge is 0.178 e. The lowest BCUT2D eigenvalue weighted by atomic mass is 10.1. The van der Waals surface area contributed by atoms with Gasteiger partial charge in [0, 0.05) is 6.42 Å². The van der Waals surface area contributed by atoms with Crippen molar-refractivity contribution >= 4 is 31.9 Å². The van der Waals surface area contributed by atoms with Gasteiger partial charge in [0.05, 0.1) is 12.7 Å². The van der Waals surface area contributed by atoms with Crippen molar-refractivity contribution in [3.8, 4) is 6.07 Å². The lowest BCUT2D eigenvalue weighted by molar-refractivity contribution is 0.0781. The maximum absolute atomic E-state index is 8.68. The highest BCUT2D eigenvalue weighted by Gasteiger charge is 2.22. The summed E-state index contributed by atoms with van der Waals surface area (Å²) in [6.45, 7) is 2.81. The van der Waals surface area contributed by atoms with Gasteiger partial charge < -0.3 is 4.74 Å². The van der Waals surface area contributed by atoms with Crippen molar-refractivity contribution < 1.29 is 4.74 Å². The minimum Gasteiger partial charge on any atom is -0.349 e. The summed E-state index contributed by atoms with van der Waals surface area (Å²) in [5.74, 6) is 0. The van der Waals surface area contributed by atoms with Crippen LogP contribution in [-0.4, -0.2) is 3.42 Å². The Morgan fingerprint density at radius 2 is 1.71 bits per heavy atom. The normalized spacial score (nSPS) is 11.4. The first-order valence-electron chi connectivity index (χ1n) is 9.04. The summed E-state index contributed by atoms with van der Waals surface area (Å²) < 4.78 is 5.55. The Labute approximate surface area is 164 Å². The topological polar surface area (TPSA) is 33.0 Å². The fraction of sp³-hybridized carbons (Fsp3) is 0.650. The fourth-order valence-electron chi connectivity index (χ4n) is 2.62. The third-order valence-corrected chi connectivity index (χ3v) is 5.29. The van der Waals surface area contributed by atoms with Gasteiger partial charge in [-0.25, -0.2) is 0 Å². The molecule has 4 heteroatoms. The molecule has 0 unspecified atom stereocenters. The number of aryl methyl sites for hydroxylation is 1. The molecule has 0 radical (unpaired) electrons. The van der Waals surface area contributed by atoms with Crippen molar-refractivity contribution in [3.63, 3.8) is 0 Å². The second-order valence-electron chi connectivity index (χ2n) is 6.28. The van der Waals surface area contributed by atoms with E-state index in [0.717, 1.165) is 24.8 Å². The van der Waals surface area contributed by atoms with Crippen molar-refractivity contribution in [2.75, 3.05) is 0 Å². The standard InChI is InChI=1S/C20H29Br2NO/c1-2-3-4-5-6-7-8-14-20(21,22)24-17-19-12-9-11-18(16-19)13-10-15-23/h9,11-12,16H,2-8,10,13-14,17H2,1H3. The van der Waals surface area contributed by atoms with Crippen LogP contribution in [0.1, 0.15) is 75.8 Å². The maximum Gasteiger partial charge on any atom is 0.178 e. The van der Waals surface area contributed by atoms with E-state index in [-0.39, 0.29) is 0 Å². The summed E-state index contributed by atoms with van der Waals surface area (Å²) >= 11 is 7.29. The van der Waals surface area contributed by atoms with E-state index in [2.05, 4.69) is 63.1 Å². The first-order valence-corrected chi connectivity index (χ1v) is 10.6. The molecule has 0 N–H and O–H groups in total. The molecule has 0 aliphatic carbocycles. The van der Waals surface area contributed by atoms with Crippen LogP contribution >= 0.6 is 31.9 Å². The van der Waals surface area contributed by atoms with E-state index in [1.165, 1.54) is 44.1 Å². The number of hydrogen-bond donors (Lipinski definition) is 0. The Balaban J connectivity index is 2.25. The zero-order chi connectivity index (χ0) is 17.7. The van der Waals surface area contributed by atoms with Crippen LogP contribution < -0.4 is 0 Å². The molecule has 1 rings (SSSR count). The molecule has 1 aromatic rings. The highest BCUT2D eigenvalue weighted by Crippen LogP contribution is 2.34. The van der Waals surface area contributed by atoms with Crippen LogP contribution in [0.4, 0.5) is 0 Å². The third-order valence-electron chi connectivity index (χ3n) is 4.04. The van der Waals surface area contributed by atoms with Gasteiger partial charge in [0.2, 0.25) is 0 Å². The second kappa shape index (κ2) is 12.9. The van der Waals surface area contributed by atoms with Gasteiger partial charge >= 0.3 is 0 Å². The Hall–Kier alpha value is -0.370. The van der Waals surface area contributed by atoms with E-state index in [4.69, 9.17) is 10.00 Å². The number of nitriles is 1. The van der Waals surface area contributed by atoms with E-state index in [1.807, 2.05) is 6.07 Å². The molecular formula is C20H29Br2NO. The third kappa shape index (κ3) is 10.5. The van der Waals surface area contributed by atoms with Gasteiger partial charge in [0.25, 0.3) is 0 Å². The van der Waals surface area contributed by atoms with Crippen LogP contribution in [0.25, 0.3) is 0 Å². The van der Waals surface area contributed by atoms with Gasteiger partial charge in [0.15, 0.2) is 3.42 Å². The van der Waals surface area contributed by atoms with Gasteiger partial charge in [0.1, 0.15) is 0 Å². The summed E-state index contributed by atoms with van der Waals surface area (Å²) in [5, 5.41) is 8.68. The number of nitrogens with zero attached hydrogens (tertiary/aromatic N) is 1.